The molecule has 26 heavy (non-hydrogen) atoms. The van der Waals surface area contributed by atoms with Gasteiger partial charge in [0.2, 0.25) is 0 Å². The number of carbonyl (C=O) groups is 1. The van der Waals surface area contributed by atoms with Crippen LogP contribution in [0.25, 0.3) is 0 Å². The molecular weight excluding hydrogens is 359 g/mol. The van der Waals surface area contributed by atoms with Crippen molar-refractivity contribution in [3.63, 3.8) is 0 Å². The predicted octanol–water partition coefficient (Wildman–Crippen LogP) is 2.56. The highest BCUT2D eigenvalue weighted by Gasteiger charge is 2.31. The molecule has 0 bridgehead atoms. The van der Waals surface area contributed by atoms with E-state index in [4.69, 9.17) is 4.74 Å². The molecule has 0 aromatic heterocycles. The van der Waals surface area contributed by atoms with Crippen molar-refractivity contribution in [3.05, 3.63) is 65.5 Å². The number of aliphatic imine (C=N–C) groups is 1. The van der Waals surface area contributed by atoms with Gasteiger partial charge in [-0.25, -0.2) is 17.6 Å². The van der Waals surface area contributed by atoms with Crippen LogP contribution in [-0.2, 0) is 19.6 Å². The quantitative estimate of drug-likeness (QED) is 0.831. The summed E-state index contributed by atoms with van der Waals surface area (Å²) in [7, 11) is -3.66. The highest BCUT2D eigenvalue weighted by atomic mass is 32.2. The lowest BCUT2D eigenvalue weighted by Gasteiger charge is -2.15. The maximum absolute atomic E-state index is 13.0. The Morgan fingerprint density at radius 2 is 1.77 bits per heavy atom. The zero-order valence-electron chi connectivity index (χ0n) is 14.1. The van der Waals surface area contributed by atoms with E-state index in [0.29, 0.717) is 11.1 Å². The fourth-order valence-corrected chi connectivity index (χ4v) is 3.79. The number of nitrogens with zero attached hydrogens (tertiary/aromatic N) is 1. The molecule has 0 amide bonds. The summed E-state index contributed by atoms with van der Waals surface area (Å²) in [6.45, 7) is 3.18. The molecule has 0 unspecified atom stereocenters. The molecule has 1 heterocycles. The normalized spacial score (nSPS) is 18.7. The van der Waals surface area contributed by atoms with E-state index in [1.54, 1.807) is 25.1 Å². The topological polar surface area (TPSA) is 84.8 Å². The van der Waals surface area contributed by atoms with Crippen molar-refractivity contribution in [2.45, 2.75) is 30.9 Å². The summed E-state index contributed by atoms with van der Waals surface area (Å²) >= 11 is 0. The van der Waals surface area contributed by atoms with Gasteiger partial charge in [0, 0.05) is 5.56 Å². The number of benzene rings is 2. The lowest BCUT2D eigenvalue weighted by molar-refractivity contribution is -0.149. The number of nitrogens with one attached hydrogen (secondary N) is 1. The summed E-state index contributed by atoms with van der Waals surface area (Å²) in [5, 5.41) is 0. The van der Waals surface area contributed by atoms with Crippen LogP contribution in [0.4, 0.5) is 4.39 Å². The molecule has 2 aromatic rings. The van der Waals surface area contributed by atoms with Gasteiger partial charge < -0.3 is 4.74 Å². The summed E-state index contributed by atoms with van der Waals surface area (Å²) in [4.78, 5) is 16.6. The number of rotatable bonds is 4. The molecule has 0 fully saturated rings. The summed E-state index contributed by atoms with van der Waals surface area (Å²) < 4.78 is 44.8. The molecule has 0 saturated carbocycles. The maximum Gasteiger partial charge on any atom is 0.331 e. The summed E-state index contributed by atoms with van der Waals surface area (Å²) in [6.07, 6.45) is -0.585. The van der Waals surface area contributed by atoms with Gasteiger partial charge in [-0.05, 0) is 43.7 Å². The molecule has 8 heteroatoms. The van der Waals surface area contributed by atoms with E-state index in [1.807, 2.05) is 0 Å². The zero-order valence-corrected chi connectivity index (χ0v) is 15.0. The second-order valence-corrected chi connectivity index (χ2v) is 7.54. The van der Waals surface area contributed by atoms with Crippen molar-refractivity contribution in [3.8, 4) is 0 Å². The average Bonchev–Trinajstić information content (AvgIpc) is 2.86. The van der Waals surface area contributed by atoms with Crippen LogP contribution >= 0.6 is 0 Å². The van der Waals surface area contributed by atoms with Gasteiger partial charge in [-0.1, -0.05) is 24.3 Å². The molecule has 2 aromatic carbocycles. The van der Waals surface area contributed by atoms with E-state index in [1.165, 1.54) is 37.3 Å². The molecule has 0 aliphatic carbocycles. The van der Waals surface area contributed by atoms with Gasteiger partial charge in [-0.3, -0.25) is 9.71 Å². The number of ether oxygens (including phenoxy) is 1. The van der Waals surface area contributed by atoms with Gasteiger partial charge in [0.15, 0.2) is 0 Å². The minimum absolute atomic E-state index is 0.111. The fourth-order valence-electron chi connectivity index (χ4n) is 2.55. The van der Waals surface area contributed by atoms with Crippen molar-refractivity contribution in [2.24, 2.45) is 4.99 Å². The third-order valence-electron chi connectivity index (χ3n) is 3.96. The highest BCUT2D eigenvalue weighted by Crippen LogP contribution is 2.23. The van der Waals surface area contributed by atoms with Crippen molar-refractivity contribution < 1.29 is 22.3 Å². The minimum Gasteiger partial charge on any atom is -0.456 e. The lowest BCUT2D eigenvalue weighted by Crippen LogP contribution is -2.27. The van der Waals surface area contributed by atoms with Crippen LogP contribution < -0.4 is 4.72 Å². The number of esters is 1. The number of hydrogen-bond acceptors (Lipinski definition) is 5. The number of fused-ring (bicyclic) bond motifs is 1. The standard InChI is InChI=1S/C18H17FN2O4S/c1-11(18(22)25-12(2)13-7-9-14(19)10-8-13)20-17-15-5-3-4-6-16(15)26(23,24)21-17/h3-12H,1-2H3,(H,20,21)/t11-,12-/m0/s1. The highest BCUT2D eigenvalue weighted by molar-refractivity contribution is 7.90. The van der Waals surface area contributed by atoms with Gasteiger partial charge in [0.1, 0.15) is 23.8 Å². The van der Waals surface area contributed by atoms with E-state index in [0.717, 1.165) is 0 Å². The second kappa shape index (κ2) is 6.87. The zero-order chi connectivity index (χ0) is 18.9. The molecular formula is C18H17FN2O4S. The van der Waals surface area contributed by atoms with Crippen LogP contribution in [0.15, 0.2) is 58.4 Å². The molecule has 3 rings (SSSR count). The molecule has 1 aliphatic heterocycles. The van der Waals surface area contributed by atoms with Crippen molar-refractivity contribution in [1.29, 1.82) is 0 Å². The van der Waals surface area contributed by atoms with Crippen molar-refractivity contribution >= 4 is 21.8 Å². The first-order chi connectivity index (χ1) is 12.3. The number of sulfonamides is 1. The molecule has 1 aliphatic rings. The second-order valence-electron chi connectivity index (χ2n) is 5.89. The first-order valence-electron chi connectivity index (χ1n) is 7.94. The Kier molecular flexibility index (Phi) is 4.78. The molecule has 1 N–H and O–H groups in total. The molecule has 0 spiro atoms. The average molecular weight is 376 g/mol. The van der Waals surface area contributed by atoms with Crippen LogP contribution in [0.1, 0.15) is 31.1 Å². The van der Waals surface area contributed by atoms with Gasteiger partial charge in [-0.15, -0.1) is 0 Å². The Morgan fingerprint density at radius 3 is 2.46 bits per heavy atom. The lowest BCUT2D eigenvalue weighted by atomic mass is 10.1. The van der Waals surface area contributed by atoms with Crippen LogP contribution in [0.3, 0.4) is 0 Å². The fraction of sp³-hybridized carbons (Fsp3) is 0.222. The molecule has 136 valence electrons. The maximum atomic E-state index is 13.0. The Bertz CT molecular complexity index is 971. The third-order valence-corrected chi connectivity index (χ3v) is 5.36. The molecule has 0 saturated heterocycles. The first kappa shape index (κ1) is 18.1. The van der Waals surface area contributed by atoms with Crippen LogP contribution in [-0.4, -0.2) is 26.3 Å². The van der Waals surface area contributed by atoms with E-state index in [2.05, 4.69) is 9.71 Å². The number of carbonyl (C=O) groups excluding carboxylic acids is 1. The van der Waals surface area contributed by atoms with Crippen LogP contribution in [0.5, 0.6) is 0 Å². The summed E-state index contributed by atoms with van der Waals surface area (Å²) in [5.41, 5.74) is 1.06. The van der Waals surface area contributed by atoms with Crippen LogP contribution in [0.2, 0.25) is 0 Å². The molecule has 0 radical (unpaired) electrons. The van der Waals surface area contributed by atoms with E-state index in [9.17, 15) is 17.6 Å². The third kappa shape index (κ3) is 3.60. The Labute approximate surface area is 150 Å². The van der Waals surface area contributed by atoms with Crippen molar-refractivity contribution in [2.75, 3.05) is 0 Å². The van der Waals surface area contributed by atoms with E-state index in [-0.39, 0.29) is 16.5 Å². The number of hydrogen-bond donors (Lipinski definition) is 1. The SMILES string of the molecule is C[C@H](N=C1NS(=O)(=O)c2ccccc21)C(=O)O[C@@H](C)c1ccc(F)cc1. The number of halogens is 1. The van der Waals surface area contributed by atoms with Gasteiger partial charge in [0.25, 0.3) is 10.0 Å². The van der Waals surface area contributed by atoms with Gasteiger partial charge in [0.05, 0.1) is 4.90 Å². The minimum atomic E-state index is -3.66. The number of amidine groups is 1. The Morgan fingerprint density at radius 1 is 1.12 bits per heavy atom. The Hall–Kier alpha value is -2.74. The van der Waals surface area contributed by atoms with Gasteiger partial charge in [-0.2, -0.15) is 0 Å². The van der Waals surface area contributed by atoms with Crippen molar-refractivity contribution in [1.82, 2.24) is 4.72 Å². The van der Waals surface area contributed by atoms with E-state index < -0.39 is 28.1 Å². The first-order valence-corrected chi connectivity index (χ1v) is 9.42. The largest absolute Gasteiger partial charge is 0.456 e. The molecule has 6 nitrogen and oxygen atoms in total. The Balaban J connectivity index is 1.75. The summed E-state index contributed by atoms with van der Waals surface area (Å²) in [6, 6.07) is 11.1. The molecule has 2 atom stereocenters. The van der Waals surface area contributed by atoms with Gasteiger partial charge >= 0.3 is 5.97 Å². The predicted molar refractivity (Wildman–Crippen MR) is 93.7 cm³/mol. The smallest absolute Gasteiger partial charge is 0.331 e. The monoisotopic (exact) mass is 376 g/mol. The summed E-state index contributed by atoms with van der Waals surface area (Å²) in [5.74, 6) is -0.878. The van der Waals surface area contributed by atoms with E-state index >= 15 is 0 Å². The van der Waals surface area contributed by atoms with Crippen LogP contribution in [0, 0.1) is 5.82 Å².